The zero-order valence-electron chi connectivity index (χ0n) is 3.76. The van der Waals surface area contributed by atoms with Crippen molar-refractivity contribution in [1.29, 1.82) is 0 Å². The van der Waals surface area contributed by atoms with Crippen molar-refractivity contribution in [2.24, 2.45) is 0 Å². The molecule has 0 aliphatic rings. The molecule has 0 fully saturated rings. The van der Waals surface area contributed by atoms with Crippen LogP contribution in [0, 0.1) is 0 Å². The van der Waals surface area contributed by atoms with Crippen molar-refractivity contribution < 1.29 is 9.13 Å². The van der Waals surface area contributed by atoms with E-state index in [1.807, 2.05) is 0 Å². The summed E-state index contributed by atoms with van der Waals surface area (Å²) in [6, 6.07) is 0. The Morgan fingerprint density at radius 3 is 2.14 bits per heavy atom. The fraction of sp³-hybridized carbons (Fsp3) is 1.00. The summed E-state index contributed by atoms with van der Waals surface area (Å²) in [6.07, 6.45) is 1.14. The number of hydrogen-bond acceptors (Lipinski definition) is 2. The average molecular weight is 232 g/mol. The molecular formula is C3H6IO2P. The van der Waals surface area contributed by atoms with Gasteiger partial charge in [-0.2, -0.15) is 0 Å². The maximum atomic E-state index is 9.79. The molecule has 0 rings (SSSR count). The molecule has 0 aromatic carbocycles. The molecule has 4 heteroatoms. The number of hydrogen-bond donors (Lipinski definition) is 0. The third-order valence-corrected chi connectivity index (χ3v) is 1.92. The molecule has 0 N–H and O–H groups in total. The van der Waals surface area contributed by atoms with E-state index in [9.17, 15) is 9.13 Å². The van der Waals surface area contributed by atoms with E-state index < -0.39 is 7.68 Å². The predicted octanol–water partition coefficient (Wildman–Crippen LogP) is 1.98. The van der Waals surface area contributed by atoms with E-state index in [0.717, 1.165) is 10.8 Å². The fourth-order valence-corrected chi connectivity index (χ4v) is 1.59. The van der Waals surface area contributed by atoms with Gasteiger partial charge in [-0.15, -0.1) is 0 Å². The lowest BCUT2D eigenvalue weighted by atomic mass is 10.6. The highest BCUT2D eigenvalue weighted by Gasteiger charge is 1.87. The third kappa shape index (κ3) is 6.63. The molecule has 0 aliphatic carbocycles. The van der Waals surface area contributed by atoms with E-state index in [4.69, 9.17) is 0 Å². The molecule has 0 aromatic rings. The lowest BCUT2D eigenvalue weighted by Crippen LogP contribution is -1.72. The Bertz CT molecular complexity index is 91.1. The normalized spacial score (nSPS) is 8.71. The van der Waals surface area contributed by atoms with Crippen LogP contribution in [0.25, 0.3) is 0 Å². The first-order chi connectivity index (χ1) is 3.27. The highest BCUT2D eigenvalue weighted by Crippen LogP contribution is 2.04. The van der Waals surface area contributed by atoms with Crippen molar-refractivity contribution in [3.63, 3.8) is 0 Å². The Morgan fingerprint density at radius 1 is 1.43 bits per heavy atom. The van der Waals surface area contributed by atoms with Gasteiger partial charge >= 0.3 is 7.68 Å². The van der Waals surface area contributed by atoms with E-state index >= 15 is 0 Å². The van der Waals surface area contributed by atoms with E-state index in [1.165, 1.54) is 0 Å². The van der Waals surface area contributed by atoms with E-state index in [-0.39, 0.29) is 0 Å². The molecule has 42 valence electrons. The molecule has 0 amide bonds. The first kappa shape index (κ1) is 7.63. The number of alkyl halides is 1. The van der Waals surface area contributed by atoms with Crippen LogP contribution < -0.4 is 0 Å². The maximum Gasteiger partial charge on any atom is 0.315 e. The van der Waals surface area contributed by atoms with Gasteiger partial charge in [-0.3, -0.25) is 0 Å². The molecule has 0 radical (unpaired) electrons. The molecule has 7 heavy (non-hydrogen) atoms. The Hall–Kier alpha value is 0.630. The van der Waals surface area contributed by atoms with Crippen LogP contribution in [-0.2, 0) is 9.13 Å². The standard InChI is InChI=1S/C3H6IO2P/c4-2-1-3-7(5)6/h1-3H2. The fourth-order valence-electron chi connectivity index (χ4n) is 0.189. The summed E-state index contributed by atoms with van der Waals surface area (Å²) in [5.74, 6) is 0. The second kappa shape index (κ2) is 4.78. The summed E-state index contributed by atoms with van der Waals surface area (Å²) < 4.78 is 20.5. The van der Waals surface area contributed by atoms with Crippen LogP contribution in [0.3, 0.4) is 0 Å². The van der Waals surface area contributed by atoms with Gasteiger partial charge in [0.2, 0.25) is 0 Å². The van der Waals surface area contributed by atoms with Crippen LogP contribution in [0.2, 0.25) is 0 Å². The summed E-state index contributed by atoms with van der Waals surface area (Å²) in [5.41, 5.74) is 0. The van der Waals surface area contributed by atoms with Crippen molar-refractivity contribution >= 4 is 30.3 Å². The van der Waals surface area contributed by atoms with Gasteiger partial charge in [0, 0.05) is 4.43 Å². The van der Waals surface area contributed by atoms with Crippen molar-refractivity contribution in [2.75, 3.05) is 10.6 Å². The van der Waals surface area contributed by atoms with Gasteiger partial charge < -0.3 is 0 Å². The average Bonchev–Trinajstić information content (AvgIpc) is 1.61. The Labute approximate surface area is 56.6 Å². The minimum Gasteiger partial charge on any atom is -0.237 e. The molecule has 0 saturated carbocycles. The third-order valence-electron chi connectivity index (χ3n) is 0.474. The maximum absolute atomic E-state index is 9.79. The summed E-state index contributed by atoms with van der Waals surface area (Å²) in [5, 5.41) is 0. The molecule has 0 heterocycles. The molecule has 2 nitrogen and oxygen atoms in total. The largest absolute Gasteiger partial charge is 0.315 e. The van der Waals surface area contributed by atoms with Crippen molar-refractivity contribution in [1.82, 2.24) is 0 Å². The van der Waals surface area contributed by atoms with Gasteiger partial charge in [-0.05, 0) is 6.42 Å². The van der Waals surface area contributed by atoms with Crippen LogP contribution >= 0.6 is 30.3 Å². The first-order valence-electron chi connectivity index (χ1n) is 1.95. The van der Waals surface area contributed by atoms with E-state index in [1.54, 1.807) is 0 Å². The molecule has 0 saturated heterocycles. The molecule has 0 unspecified atom stereocenters. The SMILES string of the molecule is O=P(=O)CCCI. The Balaban J connectivity index is 2.98. The van der Waals surface area contributed by atoms with Gasteiger partial charge in [0.05, 0.1) is 6.16 Å². The molecule has 0 atom stereocenters. The summed E-state index contributed by atoms with van der Waals surface area (Å²) >= 11 is 2.15. The summed E-state index contributed by atoms with van der Waals surface area (Å²) in [6.45, 7) is 0. The minimum atomic E-state index is -2.11. The van der Waals surface area contributed by atoms with Gasteiger partial charge in [-0.1, -0.05) is 22.6 Å². The van der Waals surface area contributed by atoms with Crippen LogP contribution in [0.5, 0.6) is 0 Å². The molecule has 0 aliphatic heterocycles. The lowest BCUT2D eigenvalue weighted by Gasteiger charge is -1.77. The molecule has 0 bridgehead atoms. The quantitative estimate of drug-likeness (QED) is 0.423. The van der Waals surface area contributed by atoms with Gasteiger partial charge in [-0.25, -0.2) is 9.13 Å². The molecule has 0 spiro atoms. The van der Waals surface area contributed by atoms with Crippen LogP contribution in [0.15, 0.2) is 0 Å². The van der Waals surface area contributed by atoms with Gasteiger partial charge in [0.1, 0.15) is 0 Å². The number of halogens is 1. The molecular weight excluding hydrogens is 226 g/mol. The van der Waals surface area contributed by atoms with Crippen molar-refractivity contribution in [3.05, 3.63) is 0 Å². The van der Waals surface area contributed by atoms with Crippen molar-refractivity contribution in [2.45, 2.75) is 6.42 Å². The lowest BCUT2D eigenvalue weighted by molar-refractivity contribution is 0.515. The number of rotatable bonds is 3. The zero-order chi connectivity index (χ0) is 5.70. The Kier molecular flexibility index (Phi) is 5.21. The van der Waals surface area contributed by atoms with Crippen molar-refractivity contribution in [3.8, 4) is 0 Å². The highest BCUT2D eigenvalue weighted by atomic mass is 127. The Morgan fingerprint density at radius 2 is 2.00 bits per heavy atom. The van der Waals surface area contributed by atoms with Crippen LogP contribution in [0.4, 0.5) is 0 Å². The zero-order valence-corrected chi connectivity index (χ0v) is 6.81. The second-order valence-corrected chi connectivity index (χ2v) is 3.29. The monoisotopic (exact) mass is 232 g/mol. The first-order valence-corrected chi connectivity index (χ1v) is 4.84. The topological polar surface area (TPSA) is 34.1 Å². The minimum absolute atomic E-state index is 0.346. The highest BCUT2D eigenvalue weighted by molar-refractivity contribution is 14.1. The van der Waals surface area contributed by atoms with Gasteiger partial charge in [0.25, 0.3) is 0 Å². The van der Waals surface area contributed by atoms with E-state index in [2.05, 4.69) is 22.6 Å². The summed E-state index contributed by atoms with van der Waals surface area (Å²) in [4.78, 5) is 0. The van der Waals surface area contributed by atoms with Gasteiger partial charge in [0.15, 0.2) is 0 Å². The molecule has 0 aromatic heterocycles. The van der Waals surface area contributed by atoms with E-state index in [0.29, 0.717) is 6.16 Å². The second-order valence-electron chi connectivity index (χ2n) is 1.10. The predicted molar refractivity (Wildman–Crippen MR) is 36.7 cm³/mol. The van der Waals surface area contributed by atoms with Crippen LogP contribution in [0.1, 0.15) is 6.42 Å². The summed E-state index contributed by atoms with van der Waals surface area (Å²) in [7, 11) is -2.11. The van der Waals surface area contributed by atoms with Crippen LogP contribution in [-0.4, -0.2) is 10.6 Å². The smallest absolute Gasteiger partial charge is 0.237 e.